The van der Waals surface area contributed by atoms with Crippen molar-refractivity contribution >= 4 is 33.5 Å². The maximum absolute atomic E-state index is 13.5. The van der Waals surface area contributed by atoms with Gasteiger partial charge in [-0.3, -0.25) is 4.79 Å². The topological polar surface area (TPSA) is 57.6 Å². The Morgan fingerprint density at radius 3 is 2.73 bits per heavy atom. The second kappa shape index (κ2) is 8.52. The molecule has 1 N–H and O–H groups in total. The van der Waals surface area contributed by atoms with Crippen molar-refractivity contribution in [3.63, 3.8) is 0 Å². The molecule has 0 bridgehead atoms. The highest BCUT2D eigenvalue weighted by Gasteiger charge is 2.31. The summed E-state index contributed by atoms with van der Waals surface area (Å²) in [6.45, 7) is 8.93. The van der Waals surface area contributed by atoms with Crippen LogP contribution in [0.2, 0.25) is 0 Å². The maximum Gasteiger partial charge on any atom is 0.317 e. The summed E-state index contributed by atoms with van der Waals surface area (Å²) in [5.41, 5.74) is 3.16. The lowest BCUT2D eigenvalue weighted by Crippen LogP contribution is -2.57. The van der Waals surface area contributed by atoms with Crippen LogP contribution in [0.15, 0.2) is 41.8 Å². The van der Waals surface area contributed by atoms with Crippen molar-refractivity contribution in [3.8, 4) is 0 Å². The first-order valence-electron chi connectivity index (χ1n) is 10.4. The van der Waals surface area contributed by atoms with Gasteiger partial charge in [0.15, 0.2) is 0 Å². The molecule has 4 rings (SSSR count). The zero-order chi connectivity index (χ0) is 21.3. The van der Waals surface area contributed by atoms with Crippen LogP contribution in [0.3, 0.4) is 0 Å². The van der Waals surface area contributed by atoms with Gasteiger partial charge in [-0.05, 0) is 49.4 Å². The first-order chi connectivity index (χ1) is 14.5. The van der Waals surface area contributed by atoms with Gasteiger partial charge in [0.2, 0.25) is 0 Å². The molecule has 1 aliphatic heterocycles. The third-order valence-electron chi connectivity index (χ3n) is 5.81. The van der Waals surface area contributed by atoms with Crippen LogP contribution in [-0.2, 0) is 6.54 Å². The smallest absolute Gasteiger partial charge is 0.317 e. The van der Waals surface area contributed by atoms with Gasteiger partial charge in [-0.25, -0.2) is 4.79 Å². The van der Waals surface area contributed by atoms with E-state index in [9.17, 15) is 9.59 Å². The molecule has 0 unspecified atom stereocenters. The largest absolute Gasteiger partial charge is 0.338 e. The molecule has 1 atom stereocenters. The molecule has 0 spiro atoms. The van der Waals surface area contributed by atoms with Gasteiger partial charge in [0.25, 0.3) is 5.91 Å². The zero-order valence-corrected chi connectivity index (χ0v) is 18.5. The van der Waals surface area contributed by atoms with E-state index in [1.807, 2.05) is 41.8 Å². The molecule has 3 heterocycles. The van der Waals surface area contributed by atoms with Gasteiger partial charge in [-0.15, -0.1) is 11.3 Å². The van der Waals surface area contributed by atoms with Crippen molar-refractivity contribution < 1.29 is 9.59 Å². The summed E-state index contributed by atoms with van der Waals surface area (Å²) in [6.07, 6.45) is 0. The van der Waals surface area contributed by atoms with Gasteiger partial charge in [0.1, 0.15) is 10.5 Å². The van der Waals surface area contributed by atoms with Gasteiger partial charge >= 0.3 is 6.03 Å². The molecule has 2 aromatic heterocycles. The van der Waals surface area contributed by atoms with Crippen LogP contribution in [0.25, 0.3) is 10.2 Å². The highest BCUT2D eigenvalue weighted by atomic mass is 32.1. The van der Waals surface area contributed by atoms with Crippen LogP contribution in [0, 0.1) is 6.92 Å². The highest BCUT2D eigenvalue weighted by molar-refractivity contribution is 7.16. The molecule has 3 amide bonds. The third kappa shape index (κ3) is 3.81. The Morgan fingerprint density at radius 2 is 2.00 bits per heavy atom. The number of nitrogens with zero attached hydrogens (tertiary/aromatic N) is 3. The number of piperazine rings is 1. The fourth-order valence-electron chi connectivity index (χ4n) is 4.13. The number of aryl methyl sites for hydroxylation is 1. The fraction of sp³-hybridized carbons (Fsp3) is 0.391. The van der Waals surface area contributed by atoms with E-state index >= 15 is 0 Å². The van der Waals surface area contributed by atoms with E-state index in [4.69, 9.17) is 0 Å². The predicted molar refractivity (Wildman–Crippen MR) is 121 cm³/mol. The predicted octanol–water partition coefficient (Wildman–Crippen LogP) is 3.94. The minimum Gasteiger partial charge on any atom is -0.338 e. The molecule has 30 heavy (non-hydrogen) atoms. The molecule has 0 aliphatic carbocycles. The summed E-state index contributed by atoms with van der Waals surface area (Å²) in [6, 6.07) is 12.3. The molecule has 1 aromatic carbocycles. The van der Waals surface area contributed by atoms with Crippen molar-refractivity contribution in [2.75, 3.05) is 26.2 Å². The Hall–Kier alpha value is -2.80. The average Bonchev–Trinajstić information content (AvgIpc) is 3.31. The van der Waals surface area contributed by atoms with Crippen molar-refractivity contribution in [3.05, 3.63) is 58.6 Å². The summed E-state index contributed by atoms with van der Waals surface area (Å²) in [4.78, 5) is 30.6. The van der Waals surface area contributed by atoms with E-state index in [1.54, 1.807) is 11.3 Å². The first-order valence-corrected chi connectivity index (χ1v) is 11.3. The molecule has 0 radical (unpaired) electrons. The van der Waals surface area contributed by atoms with E-state index in [-0.39, 0.29) is 18.0 Å². The summed E-state index contributed by atoms with van der Waals surface area (Å²) < 4.78 is 2.14. The van der Waals surface area contributed by atoms with Crippen LogP contribution in [0.4, 0.5) is 4.79 Å². The lowest BCUT2D eigenvalue weighted by Gasteiger charge is -2.39. The number of fused-ring (bicyclic) bond motifs is 1. The van der Waals surface area contributed by atoms with Crippen LogP contribution in [0.5, 0.6) is 0 Å². The minimum absolute atomic E-state index is 0.0184. The van der Waals surface area contributed by atoms with E-state index in [0.717, 1.165) is 15.9 Å². The second-order valence-corrected chi connectivity index (χ2v) is 8.75. The van der Waals surface area contributed by atoms with Crippen LogP contribution in [0.1, 0.15) is 35.5 Å². The van der Waals surface area contributed by atoms with Gasteiger partial charge < -0.3 is 19.7 Å². The number of carbonyl (C=O) groups excluding carboxylic acids is 2. The molecular weight excluding hydrogens is 396 g/mol. The number of urea groups is 1. The SMILES string of the molecule is CCNC(=O)N1CCN(C(=O)c2cc3ccsc3n2Cc2ccccc2C)C[C@H]1C. The number of thiophene rings is 1. The number of benzene rings is 1. The van der Waals surface area contributed by atoms with Crippen molar-refractivity contribution in [1.29, 1.82) is 0 Å². The zero-order valence-electron chi connectivity index (χ0n) is 17.7. The Labute approximate surface area is 181 Å². The Morgan fingerprint density at radius 1 is 1.20 bits per heavy atom. The summed E-state index contributed by atoms with van der Waals surface area (Å²) >= 11 is 1.67. The number of aromatic nitrogens is 1. The standard InChI is InChI=1S/C23H28N4O2S/c1-4-24-23(29)26-11-10-25(14-17(26)3)21(28)20-13-18-9-12-30-22(18)27(20)15-19-8-6-5-7-16(19)2/h5-9,12-13,17H,4,10-11,14-15H2,1-3H3,(H,24,29)/t17-/m1/s1. The van der Waals surface area contributed by atoms with E-state index in [1.165, 1.54) is 11.1 Å². The van der Waals surface area contributed by atoms with Gasteiger partial charge in [0, 0.05) is 44.2 Å². The van der Waals surface area contributed by atoms with E-state index < -0.39 is 0 Å². The minimum atomic E-state index is -0.0551. The molecular formula is C23H28N4O2S. The molecule has 158 valence electrons. The third-order valence-corrected chi connectivity index (χ3v) is 6.77. The van der Waals surface area contributed by atoms with E-state index in [2.05, 4.69) is 40.4 Å². The number of nitrogens with one attached hydrogen (secondary N) is 1. The lowest BCUT2D eigenvalue weighted by atomic mass is 10.1. The highest BCUT2D eigenvalue weighted by Crippen LogP contribution is 2.28. The molecule has 7 heteroatoms. The van der Waals surface area contributed by atoms with Gasteiger partial charge in [-0.2, -0.15) is 0 Å². The number of amides is 3. The van der Waals surface area contributed by atoms with Crippen molar-refractivity contribution in [2.24, 2.45) is 0 Å². The van der Waals surface area contributed by atoms with E-state index in [0.29, 0.717) is 32.7 Å². The number of hydrogen-bond acceptors (Lipinski definition) is 3. The summed E-state index contributed by atoms with van der Waals surface area (Å²) in [5, 5.41) is 6.03. The molecule has 1 aliphatic rings. The fourth-order valence-corrected chi connectivity index (χ4v) is 5.02. The number of rotatable bonds is 4. The Balaban J connectivity index is 1.59. The normalized spacial score (nSPS) is 16.8. The molecule has 6 nitrogen and oxygen atoms in total. The second-order valence-electron chi connectivity index (χ2n) is 7.85. The van der Waals surface area contributed by atoms with Gasteiger partial charge in [0.05, 0.1) is 0 Å². The van der Waals surface area contributed by atoms with Crippen LogP contribution >= 0.6 is 11.3 Å². The maximum atomic E-state index is 13.5. The molecule has 3 aromatic rings. The van der Waals surface area contributed by atoms with Crippen molar-refractivity contribution in [2.45, 2.75) is 33.4 Å². The van der Waals surface area contributed by atoms with Crippen molar-refractivity contribution in [1.82, 2.24) is 19.7 Å². The van der Waals surface area contributed by atoms with Crippen LogP contribution < -0.4 is 5.32 Å². The van der Waals surface area contributed by atoms with Crippen LogP contribution in [-0.4, -0.2) is 58.5 Å². The Bertz CT molecular complexity index is 1070. The molecule has 0 saturated carbocycles. The average molecular weight is 425 g/mol. The number of carbonyl (C=O) groups is 2. The lowest BCUT2D eigenvalue weighted by molar-refractivity contribution is 0.0571. The summed E-state index contributed by atoms with van der Waals surface area (Å²) in [7, 11) is 0. The Kier molecular flexibility index (Phi) is 5.81. The molecule has 1 saturated heterocycles. The first kappa shape index (κ1) is 20.5. The summed E-state index contributed by atoms with van der Waals surface area (Å²) in [5.74, 6) is 0.0365. The van der Waals surface area contributed by atoms with Gasteiger partial charge in [-0.1, -0.05) is 24.3 Å². The quantitative estimate of drug-likeness (QED) is 0.690. The molecule has 1 fully saturated rings. The monoisotopic (exact) mass is 424 g/mol. The number of hydrogen-bond donors (Lipinski definition) is 1.